The molecular weight excluding hydrogens is 208 g/mol. The summed E-state index contributed by atoms with van der Waals surface area (Å²) in [4.78, 5) is 4.98. The maximum atomic E-state index is 4.98. The number of rotatable bonds is 3. The number of nitrogens with zero attached hydrogens (tertiary/aromatic N) is 2. The second kappa shape index (κ2) is 4.83. The molecular formula is C15H26N2. The lowest BCUT2D eigenvalue weighted by Crippen LogP contribution is -2.09. The molecule has 0 atom stereocenters. The van der Waals surface area contributed by atoms with Gasteiger partial charge >= 0.3 is 0 Å². The largest absolute Gasteiger partial charge is 0.329 e. The van der Waals surface area contributed by atoms with Crippen LogP contribution in [-0.2, 0) is 0 Å². The van der Waals surface area contributed by atoms with E-state index in [4.69, 9.17) is 4.98 Å². The maximum absolute atomic E-state index is 4.98. The molecule has 2 rings (SSSR count). The molecule has 96 valence electrons. The Morgan fingerprint density at radius 2 is 1.71 bits per heavy atom. The summed E-state index contributed by atoms with van der Waals surface area (Å²) in [5.74, 6) is 2.53. The molecule has 0 unspecified atom stereocenters. The predicted molar refractivity (Wildman–Crippen MR) is 72.6 cm³/mol. The molecule has 2 heteroatoms. The van der Waals surface area contributed by atoms with E-state index in [1.807, 2.05) is 0 Å². The van der Waals surface area contributed by atoms with Gasteiger partial charge in [-0.05, 0) is 33.6 Å². The summed E-state index contributed by atoms with van der Waals surface area (Å²) >= 11 is 0. The van der Waals surface area contributed by atoms with Crippen molar-refractivity contribution in [1.29, 1.82) is 0 Å². The Hall–Kier alpha value is -0.790. The first-order chi connectivity index (χ1) is 8.02. The molecule has 0 bridgehead atoms. The summed E-state index contributed by atoms with van der Waals surface area (Å²) in [5, 5.41) is 0. The lowest BCUT2D eigenvalue weighted by molar-refractivity contribution is 0.538. The van der Waals surface area contributed by atoms with Gasteiger partial charge in [-0.1, -0.05) is 26.7 Å². The fourth-order valence-corrected chi connectivity index (χ4v) is 3.20. The van der Waals surface area contributed by atoms with Gasteiger partial charge in [0.05, 0.1) is 5.69 Å². The molecule has 1 aromatic heterocycles. The van der Waals surface area contributed by atoms with Crippen molar-refractivity contribution < 1.29 is 0 Å². The molecule has 1 aromatic rings. The van der Waals surface area contributed by atoms with Gasteiger partial charge < -0.3 is 4.57 Å². The highest BCUT2D eigenvalue weighted by molar-refractivity contribution is 5.23. The third-order valence-corrected chi connectivity index (χ3v) is 3.99. The third-order valence-electron chi connectivity index (χ3n) is 3.99. The van der Waals surface area contributed by atoms with Crippen LogP contribution in [0.5, 0.6) is 0 Å². The van der Waals surface area contributed by atoms with E-state index in [0.29, 0.717) is 12.0 Å². The SMILES string of the molecule is Cc1c(C2CCCC2)nc(C(C)C)n1C(C)C. The van der Waals surface area contributed by atoms with Crippen molar-refractivity contribution >= 4 is 0 Å². The highest BCUT2D eigenvalue weighted by Gasteiger charge is 2.25. The fourth-order valence-electron chi connectivity index (χ4n) is 3.20. The van der Waals surface area contributed by atoms with Crippen molar-refractivity contribution in [2.24, 2.45) is 0 Å². The average Bonchev–Trinajstić information content (AvgIpc) is 2.83. The van der Waals surface area contributed by atoms with Gasteiger partial charge in [0.15, 0.2) is 0 Å². The van der Waals surface area contributed by atoms with E-state index in [1.54, 1.807) is 0 Å². The van der Waals surface area contributed by atoms with Gasteiger partial charge in [0.2, 0.25) is 0 Å². The Bertz CT molecular complexity index is 382. The van der Waals surface area contributed by atoms with Crippen molar-refractivity contribution in [3.05, 3.63) is 17.2 Å². The number of hydrogen-bond donors (Lipinski definition) is 0. The predicted octanol–water partition coefficient (Wildman–Crippen LogP) is 4.55. The van der Waals surface area contributed by atoms with Gasteiger partial charge in [0.1, 0.15) is 5.82 Å². The molecule has 0 saturated heterocycles. The monoisotopic (exact) mass is 234 g/mol. The van der Waals surface area contributed by atoms with E-state index in [-0.39, 0.29) is 0 Å². The quantitative estimate of drug-likeness (QED) is 0.750. The molecule has 0 amide bonds. The van der Waals surface area contributed by atoms with Crippen LogP contribution in [-0.4, -0.2) is 9.55 Å². The van der Waals surface area contributed by atoms with E-state index >= 15 is 0 Å². The Balaban J connectivity index is 2.43. The first-order valence-electron chi connectivity index (χ1n) is 7.11. The zero-order valence-electron chi connectivity index (χ0n) is 12.0. The summed E-state index contributed by atoms with van der Waals surface area (Å²) in [6, 6.07) is 0.523. The van der Waals surface area contributed by atoms with Crippen LogP contribution in [0.2, 0.25) is 0 Å². The minimum absolute atomic E-state index is 0.520. The van der Waals surface area contributed by atoms with Crippen LogP contribution in [0.1, 0.15) is 88.5 Å². The molecule has 0 spiro atoms. The molecule has 0 radical (unpaired) electrons. The van der Waals surface area contributed by atoms with E-state index in [2.05, 4.69) is 39.2 Å². The van der Waals surface area contributed by atoms with E-state index < -0.39 is 0 Å². The first kappa shape index (κ1) is 12.7. The van der Waals surface area contributed by atoms with Crippen LogP contribution < -0.4 is 0 Å². The highest BCUT2D eigenvalue weighted by atomic mass is 15.1. The van der Waals surface area contributed by atoms with Crippen LogP contribution >= 0.6 is 0 Å². The van der Waals surface area contributed by atoms with Gasteiger partial charge in [-0.15, -0.1) is 0 Å². The fraction of sp³-hybridized carbons (Fsp3) is 0.800. The Morgan fingerprint density at radius 3 is 2.12 bits per heavy atom. The lowest BCUT2D eigenvalue weighted by Gasteiger charge is -2.16. The second-order valence-corrected chi connectivity index (χ2v) is 6.04. The third kappa shape index (κ3) is 2.27. The van der Waals surface area contributed by atoms with Crippen molar-refractivity contribution in [1.82, 2.24) is 9.55 Å². The summed E-state index contributed by atoms with van der Waals surface area (Å²) in [7, 11) is 0. The summed E-state index contributed by atoms with van der Waals surface area (Å²) in [5.41, 5.74) is 2.80. The normalized spacial score (nSPS) is 17.6. The van der Waals surface area contributed by atoms with Crippen LogP contribution in [0, 0.1) is 6.92 Å². The highest BCUT2D eigenvalue weighted by Crippen LogP contribution is 2.37. The van der Waals surface area contributed by atoms with E-state index in [0.717, 1.165) is 5.92 Å². The van der Waals surface area contributed by atoms with Crippen LogP contribution in [0.3, 0.4) is 0 Å². The van der Waals surface area contributed by atoms with Gasteiger partial charge in [-0.2, -0.15) is 0 Å². The van der Waals surface area contributed by atoms with Gasteiger partial charge in [0, 0.05) is 23.6 Å². The molecule has 1 fully saturated rings. The van der Waals surface area contributed by atoms with Crippen LogP contribution in [0.15, 0.2) is 0 Å². The number of hydrogen-bond acceptors (Lipinski definition) is 1. The average molecular weight is 234 g/mol. The number of imidazole rings is 1. The maximum Gasteiger partial charge on any atom is 0.112 e. The molecule has 0 aliphatic heterocycles. The van der Waals surface area contributed by atoms with Crippen molar-refractivity contribution in [2.75, 3.05) is 0 Å². The summed E-state index contributed by atoms with van der Waals surface area (Å²) < 4.78 is 2.44. The Morgan fingerprint density at radius 1 is 1.12 bits per heavy atom. The second-order valence-electron chi connectivity index (χ2n) is 6.04. The molecule has 17 heavy (non-hydrogen) atoms. The molecule has 1 saturated carbocycles. The Kier molecular flexibility index (Phi) is 3.60. The molecule has 1 heterocycles. The molecule has 1 aliphatic carbocycles. The molecule has 1 aliphatic rings. The summed E-state index contributed by atoms with van der Waals surface area (Å²) in [6.45, 7) is 11.3. The zero-order valence-corrected chi connectivity index (χ0v) is 12.0. The smallest absolute Gasteiger partial charge is 0.112 e. The van der Waals surface area contributed by atoms with Crippen molar-refractivity contribution in [3.8, 4) is 0 Å². The van der Waals surface area contributed by atoms with E-state index in [9.17, 15) is 0 Å². The zero-order chi connectivity index (χ0) is 12.6. The standard InChI is InChI=1S/C15H26N2/c1-10(2)15-16-14(13-8-6-7-9-13)12(5)17(15)11(3)4/h10-11,13H,6-9H2,1-5H3. The minimum Gasteiger partial charge on any atom is -0.329 e. The first-order valence-corrected chi connectivity index (χ1v) is 7.11. The van der Waals surface area contributed by atoms with Gasteiger partial charge in [0.25, 0.3) is 0 Å². The summed E-state index contributed by atoms with van der Waals surface area (Å²) in [6.07, 6.45) is 5.45. The number of aromatic nitrogens is 2. The lowest BCUT2D eigenvalue weighted by atomic mass is 10.0. The Labute approximate surface area is 105 Å². The topological polar surface area (TPSA) is 17.8 Å². The van der Waals surface area contributed by atoms with Gasteiger partial charge in [-0.3, -0.25) is 0 Å². The van der Waals surface area contributed by atoms with Crippen molar-refractivity contribution in [3.63, 3.8) is 0 Å². The van der Waals surface area contributed by atoms with Crippen LogP contribution in [0.25, 0.3) is 0 Å². The van der Waals surface area contributed by atoms with Crippen LogP contribution in [0.4, 0.5) is 0 Å². The molecule has 0 N–H and O–H groups in total. The van der Waals surface area contributed by atoms with E-state index in [1.165, 1.54) is 42.9 Å². The molecule has 0 aromatic carbocycles. The minimum atomic E-state index is 0.520. The van der Waals surface area contributed by atoms with Crippen molar-refractivity contribution in [2.45, 2.75) is 78.2 Å². The molecule has 2 nitrogen and oxygen atoms in total. The van der Waals surface area contributed by atoms with Gasteiger partial charge in [-0.25, -0.2) is 4.98 Å².